The number of hydrogen-bond acceptors (Lipinski definition) is 4. The molecule has 0 spiro atoms. The van der Waals surface area contributed by atoms with Crippen LogP contribution < -0.4 is 14.4 Å². The molecule has 1 amide bonds. The molecule has 1 aliphatic carbocycles. The lowest BCUT2D eigenvalue weighted by Gasteiger charge is -2.26. The molecule has 1 aliphatic rings. The Balaban J connectivity index is 1.79. The third kappa shape index (κ3) is 5.79. The number of nitrogens with one attached hydrogen (secondary N) is 1. The zero-order valence-electron chi connectivity index (χ0n) is 18.6. The average Bonchev–Trinajstić information content (AvgIpc) is 2.75. The van der Waals surface area contributed by atoms with Crippen molar-refractivity contribution in [2.24, 2.45) is 0 Å². The maximum Gasteiger partial charge on any atom is 0.241 e. The van der Waals surface area contributed by atoms with Crippen molar-refractivity contribution in [3.8, 4) is 5.75 Å². The van der Waals surface area contributed by atoms with E-state index in [1.165, 1.54) is 24.0 Å². The van der Waals surface area contributed by atoms with E-state index in [1.807, 2.05) is 13.8 Å². The summed E-state index contributed by atoms with van der Waals surface area (Å²) in [6.45, 7) is 3.95. The number of hydrogen-bond donors (Lipinski definition) is 1. The van der Waals surface area contributed by atoms with Gasteiger partial charge >= 0.3 is 0 Å². The topological polar surface area (TPSA) is 75.7 Å². The molecule has 2 aromatic rings. The SMILES string of the molecule is CCOc1ccccc1N(CC(=O)N[C@H](CC)c1ccc2c(c1)CCCC2)S(C)(=O)=O. The number of nitrogens with zero attached hydrogens (tertiary/aromatic N) is 1. The van der Waals surface area contributed by atoms with Gasteiger partial charge in [-0.2, -0.15) is 0 Å². The van der Waals surface area contributed by atoms with E-state index in [2.05, 4.69) is 23.5 Å². The molecule has 0 heterocycles. The van der Waals surface area contributed by atoms with Crippen molar-refractivity contribution in [3.05, 3.63) is 59.2 Å². The first-order valence-corrected chi connectivity index (χ1v) is 12.8. The number of anilines is 1. The van der Waals surface area contributed by atoms with E-state index in [1.54, 1.807) is 24.3 Å². The van der Waals surface area contributed by atoms with Gasteiger partial charge in [0.1, 0.15) is 12.3 Å². The van der Waals surface area contributed by atoms with Crippen LogP contribution in [0.2, 0.25) is 0 Å². The Labute approximate surface area is 185 Å². The van der Waals surface area contributed by atoms with Crippen LogP contribution in [0, 0.1) is 0 Å². The van der Waals surface area contributed by atoms with E-state index >= 15 is 0 Å². The second kappa shape index (κ2) is 10.2. The van der Waals surface area contributed by atoms with Crippen molar-refractivity contribution in [1.82, 2.24) is 5.32 Å². The Kier molecular flexibility index (Phi) is 7.59. The van der Waals surface area contributed by atoms with Crippen LogP contribution in [0.4, 0.5) is 5.69 Å². The fraction of sp³-hybridized carbons (Fsp3) is 0.458. The maximum atomic E-state index is 12.9. The molecule has 2 aromatic carbocycles. The number of fused-ring (bicyclic) bond motifs is 1. The Morgan fingerprint density at radius 1 is 1.10 bits per heavy atom. The summed E-state index contributed by atoms with van der Waals surface area (Å²) in [5.74, 6) is 0.0891. The van der Waals surface area contributed by atoms with Gasteiger partial charge in [-0.25, -0.2) is 8.42 Å². The van der Waals surface area contributed by atoms with Gasteiger partial charge in [-0.05, 0) is 67.9 Å². The number of ether oxygens (including phenoxy) is 1. The summed E-state index contributed by atoms with van der Waals surface area (Å²) in [5.41, 5.74) is 4.19. The van der Waals surface area contributed by atoms with Crippen LogP contribution in [0.1, 0.15) is 55.8 Å². The van der Waals surface area contributed by atoms with E-state index in [-0.39, 0.29) is 18.5 Å². The van der Waals surface area contributed by atoms with Crippen molar-refractivity contribution < 1.29 is 17.9 Å². The molecule has 0 saturated heterocycles. The highest BCUT2D eigenvalue weighted by atomic mass is 32.2. The molecule has 0 radical (unpaired) electrons. The second-order valence-corrected chi connectivity index (χ2v) is 9.84. The van der Waals surface area contributed by atoms with Crippen LogP contribution in [-0.2, 0) is 27.7 Å². The summed E-state index contributed by atoms with van der Waals surface area (Å²) in [4.78, 5) is 12.9. The molecule has 0 bridgehead atoms. The molecule has 0 saturated carbocycles. The van der Waals surface area contributed by atoms with Gasteiger partial charge < -0.3 is 10.1 Å². The molecule has 1 atom stereocenters. The monoisotopic (exact) mass is 444 g/mol. The first kappa shape index (κ1) is 23.1. The van der Waals surface area contributed by atoms with Crippen molar-refractivity contribution in [2.75, 3.05) is 23.7 Å². The van der Waals surface area contributed by atoms with Gasteiger partial charge in [-0.1, -0.05) is 37.3 Å². The van der Waals surface area contributed by atoms with E-state index < -0.39 is 10.0 Å². The first-order chi connectivity index (χ1) is 14.8. The second-order valence-electron chi connectivity index (χ2n) is 7.93. The normalized spacial score (nSPS) is 14.4. The van der Waals surface area contributed by atoms with Crippen molar-refractivity contribution >= 4 is 21.6 Å². The Morgan fingerprint density at radius 2 is 1.81 bits per heavy atom. The number of carbonyl (C=O) groups is 1. The highest BCUT2D eigenvalue weighted by molar-refractivity contribution is 7.92. The van der Waals surface area contributed by atoms with Crippen LogP contribution >= 0.6 is 0 Å². The third-order valence-corrected chi connectivity index (χ3v) is 6.77. The number of benzene rings is 2. The molecule has 168 valence electrons. The summed E-state index contributed by atoms with van der Waals surface area (Å²) in [6.07, 6.45) is 6.43. The summed E-state index contributed by atoms with van der Waals surface area (Å²) in [5, 5.41) is 3.03. The average molecular weight is 445 g/mol. The molecule has 0 aromatic heterocycles. The van der Waals surface area contributed by atoms with Gasteiger partial charge in [0, 0.05) is 0 Å². The molecule has 6 nitrogen and oxygen atoms in total. The fourth-order valence-electron chi connectivity index (χ4n) is 4.08. The van der Waals surface area contributed by atoms with E-state index in [0.717, 1.165) is 35.4 Å². The van der Waals surface area contributed by atoms with Crippen LogP contribution in [0.3, 0.4) is 0 Å². The lowest BCUT2D eigenvalue weighted by molar-refractivity contribution is -0.120. The Hall–Kier alpha value is -2.54. The van der Waals surface area contributed by atoms with Gasteiger partial charge in [0.05, 0.1) is 24.6 Å². The summed E-state index contributed by atoms with van der Waals surface area (Å²) >= 11 is 0. The van der Waals surface area contributed by atoms with E-state index in [4.69, 9.17) is 4.74 Å². The van der Waals surface area contributed by atoms with Gasteiger partial charge in [-0.3, -0.25) is 9.10 Å². The smallest absolute Gasteiger partial charge is 0.241 e. The Morgan fingerprint density at radius 3 is 2.48 bits per heavy atom. The van der Waals surface area contributed by atoms with Crippen molar-refractivity contribution in [1.29, 1.82) is 0 Å². The minimum atomic E-state index is -3.68. The minimum Gasteiger partial charge on any atom is -0.492 e. The lowest BCUT2D eigenvalue weighted by Crippen LogP contribution is -2.41. The molecular weight excluding hydrogens is 412 g/mol. The van der Waals surface area contributed by atoms with Gasteiger partial charge in [-0.15, -0.1) is 0 Å². The summed E-state index contributed by atoms with van der Waals surface area (Å²) in [7, 11) is -3.68. The third-order valence-electron chi connectivity index (χ3n) is 5.64. The molecule has 0 aliphatic heterocycles. The van der Waals surface area contributed by atoms with Crippen molar-refractivity contribution in [3.63, 3.8) is 0 Å². The minimum absolute atomic E-state index is 0.164. The predicted molar refractivity (Wildman–Crippen MR) is 124 cm³/mol. The molecular formula is C24H32N2O4S. The van der Waals surface area contributed by atoms with Crippen LogP contribution in [0.25, 0.3) is 0 Å². The molecule has 1 N–H and O–H groups in total. The Bertz CT molecular complexity index is 1020. The zero-order chi connectivity index (χ0) is 22.4. The molecule has 0 fully saturated rings. The summed E-state index contributed by atoms with van der Waals surface area (Å²) in [6, 6.07) is 13.1. The van der Waals surface area contributed by atoms with Crippen LogP contribution in [0.15, 0.2) is 42.5 Å². The van der Waals surface area contributed by atoms with Gasteiger partial charge in [0.15, 0.2) is 0 Å². The van der Waals surface area contributed by atoms with Crippen LogP contribution in [-0.4, -0.2) is 33.7 Å². The number of carbonyl (C=O) groups excluding carboxylic acids is 1. The summed E-state index contributed by atoms with van der Waals surface area (Å²) < 4.78 is 31.7. The first-order valence-electron chi connectivity index (χ1n) is 10.9. The van der Waals surface area contributed by atoms with Gasteiger partial charge in [0.25, 0.3) is 0 Å². The molecule has 31 heavy (non-hydrogen) atoms. The largest absolute Gasteiger partial charge is 0.492 e. The van der Waals surface area contributed by atoms with Crippen molar-refractivity contribution in [2.45, 2.75) is 52.0 Å². The van der Waals surface area contributed by atoms with E-state index in [9.17, 15) is 13.2 Å². The van der Waals surface area contributed by atoms with Gasteiger partial charge in [0.2, 0.25) is 15.9 Å². The quantitative estimate of drug-likeness (QED) is 0.634. The molecule has 0 unspecified atom stereocenters. The number of amides is 1. The molecule has 7 heteroatoms. The highest BCUT2D eigenvalue weighted by Gasteiger charge is 2.25. The molecule has 3 rings (SSSR count). The number of rotatable bonds is 9. The van der Waals surface area contributed by atoms with E-state index in [0.29, 0.717) is 18.0 Å². The number of aryl methyl sites for hydroxylation is 2. The highest BCUT2D eigenvalue weighted by Crippen LogP contribution is 2.30. The number of sulfonamides is 1. The zero-order valence-corrected chi connectivity index (χ0v) is 19.4. The predicted octanol–water partition coefficient (Wildman–Crippen LogP) is 4.00. The van der Waals surface area contributed by atoms with Crippen LogP contribution in [0.5, 0.6) is 5.75 Å². The fourth-order valence-corrected chi connectivity index (χ4v) is 4.94. The standard InChI is InChI=1S/C24H32N2O4S/c1-4-21(20-15-14-18-10-6-7-11-19(18)16-20)25-24(27)17-26(31(3,28)29)22-12-8-9-13-23(22)30-5-2/h8-9,12-16,21H,4-7,10-11,17H2,1-3H3,(H,25,27)/t21-/m1/s1. The number of para-hydroxylation sites is 2. The lowest BCUT2D eigenvalue weighted by atomic mass is 9.89. The maximum absolute atomic E-state index is 12.9.